The Morgan fingerprint density at radius 1 is 1.35 bits per heavy atom. The van der Waals surface area contributed by atoms with Gasteiger partial charge in [-0.2, -0.15) is 0 Å². The molecule has 0 aliphatic carbocycles. The van der Waals surface area contributed by atoms with Gasteiger partial charge in [-0.15, -0.1) is 11.8 Å². The highest BCUT2D eigenvalue weighted by Crippen LogP contribution is 2.27. The van der Waals surface area contributed by atoms with Crippen LogP contribution >= 0.6 is 23.4 Å². The van der Waals surface area contributed by atoms with Gasteiger partial charge in [0.25, 0.3) is 5.56 Å². The molecular formula is C17H21ClN4O3S. The van der Waals surface area contributed by atoms with Crippen molar-refractivity contribution in [2.24, 2.45) is 0 Å². The minimum absolute atomic E-state index is 0.00852. The van der Waals surface area contributed by atoms with Crippen LogP contribution in [-0.2, 0) is 11.3 Å². The molecule has 9 heteroatoms. The molecule has 0 aliphatic heterocycles. The number of nitrogens with two attached hydrogens (primary N) is 1. The molecule has 26 heavy (non-hydrogen) atoms. The minimum Gasteiger partial charge on any atom is -0.383 e. The number of amides is 1. The number of nitrogen functional groups attached to an aromatic ring is 1. The number of hydrogen-bond donors (Lipinski definition) is 2. The van der Waals surface area contributed by atoms with E-state index in [1.165, 1.54) is 28.3 Å². The first-order valence-electron chi connectivity index (χ1n) is 8.13. The zero-order valence-electron chi connectivity index (χ0n) is 14.6. The summed E-state index contributed by atoms with van der Waals surface area (Å²) in [5.74, 6) is -0.258. The third kappa shape index (κ3) is 4.50. The second-order valence-electron chi connectivity index (χ2n) is 5.67. The van der Waals surface area contributed by atoms with Crippen molar-refractivity contribution in [2.75, 3.05) is 23.4 Å². The van der Waals surface area contributed by atoms with Crippen molar-refractivity contribution in [2.45, 2.75) is 31.2 Å². The summed E-state index contributed by atoms with van der Waals surface area (Å²) in [6, 6.07) is 7.19. The van der Waals surface area contributed by atoms with Crippen molar-refractivity contribution in [1.29, 1.82) is 0 Å². The fourth-order valence-corrected chi connectivity index (χ4v) is 3.52. The van der Waals surface area contributed by atoms with Gasteiger partial charge in [0.15, 0.2) is 5.69 Å². The molecule has 0 bridgehead atoms. The average molecular weight is 397 g/mol. The first-order chi connectivity index (χ1) is 12.4. The van der Waals surface area contributed by atoms with E-state index in [1.54, 1.807) is 12.1 Å². The average Bonchev–Trinajstić information content (AvgIpc) is 2.60. The predicted molar refractivity (Wildman–Crippen MR) is 106 cm³/mol. The number of H-pyrrole nitrogens is 1. The zero-order chi connectivity index (χ0) is 19.3. The van der Waals surface area contributed by atoms with Crippen molar-refractivity contribution < 1.29 is 4.79 Å². The van der Waals surface area contributed by atoms with Gasteiger partial charge in [0.1, 0.15) is 5.82 Å². The summed E-state index contributed by atoms with van der Waals surface area (Å²) in [5, 5.41) is 0.554. The number of rotatable bonds is 7. The van der Waals surface area contributed by atoms with Crippen molar-refractivity contribution in [3.8, 4) is 0 Å². The molecule has 0 radical (unpaired) electrons. The van der Waals surface area contributed by atoms with Crippen LogP contribution in [0.4, 0.5) is 11.5 Å². The molecule has 0 fully saturated rings. The van der Waals surface area contributed by atoms with Crippen LogP contribution in [0.3, 0.4) is 0 Å². The van der Waals surface area contributed by atoms with E-state index < -0.39 is 11.2 Å². The van der Waals surface area contributed by atoms with Gasteiger partial charge < -0.3 is 10.6 Å². The number of anilines is 2. The number of nitrogens with zero attached hydrogens (tertiary/aromatic N) is 2. The number of unbranched alkanes of at least 4 members (excludes halogenated alkanes) is 1. The Kier molecular flexibility index (Phi) is 6.93. The van der Waals surface area contributed by atoms with E-state index >= 15 is 0 Å². The smallest absolute Gasteiger partial charge is 0.330 e. The van der Waals surface area contributed by atoms with E-state index in [9.17, 15) is 14.4 Å². The molecule has 1 heterocycles. The lowest BCUT2D eigenvalue weighted by molar-refractivity contribution is -0.115. The van der Waals surface area contributed by atoms with Gasteiger partial charge in [0.05, 0.1) is 10.8 Å². The summed E-state index contributed by atoms with van der Waals surface area (Å²) in [7, 11) is 1.46. The first-order valence-corrected chi connectivity index (χ1v) is 9.49. The largest absolute Gasteiger partial charge is 0.383 e. The SMILES string of the molecule is CCCCn1c(N)c(N(C)C(=O)CSc2ccccc2Cl)c(=O)[nH]c1=O. The number of benzene rings is 1. The highest BCUT2D eigenvalue weighted by atomic mass is 35.5. The molecule has 0 spiro atoms. The van der Waals surface area contributed by atoms with Gasteiger partial charge in [-0.1, -0.05) is 37.1 Å². The summed E-state index contributed by atoms with van der Waals surface area (Å²) in [6.07, 6.45) is 1.60. The van der Waals surface area contributed by atoms with Crippen LogP contribution in [0, 0.1) is 0 Å². The normalized spacial score (nSPS) is 10.7. The van der Waals surface area contributed by atoms with Gasteiger partial charge in [-0.3, -0.25) is 19.1 Å². The molecule has 3 N–H and O–H groups in total. The molecule has 0 unspecified atom stereocenters. The van der Waals surface area contributed by atoms with Gasteiger partial charge >= 0.3 is 5.69 Å². The topological polar surface area (TPSA) is 101 Å². The fraction of sp³-hybridized carbons (Fsp3) is 0.353. The third-order valence-electron chi connectivity index (χ3n) is 3.85. The molecule has 1 aromatic carbocycles. The summed E-state index contributed by atoms with van der Waals surface area (Å²) in [4.78, 5) is 40.8. The zero-order valence-corrected chi connectivity index (χ0v) is 16.2. The number of halogens is 1. The molecule has 0 saturated heterocycles. The van der Waals surface area contributed by atoms with Crippen molar-refractivity contribution in [3.63, 3.8) is 0 Å². The number of aromatic amines is 1. The van der Waals surface area contributed by atoms with Gasteiger partial charge in [-0.25, -0.2) is 4.79 Å². The van der Waals surface area contributed by atoms with Crippen LogP contribution in [0.15, 0.2) is 38.8 Å². The van der Waals surface area contributed by atoms with Crippen LogP contribution in [0.1, 0.15) is 19.8 Å². The molecule has 0 aliphatic rings. The molecule has 1 amide bonds. The van der Waals surface area contributed by atoms with Crippen LogP contribution in [0.5, 0.6) is 0 Å². The Morgan fingerprint density at radius 3 is 2.69 bits per heavy atom. The lowest BCUT2D eigenvalue weighted by Gasteiger charge is -2.20. The van der Waals surface area contributed by atoms with E-state index in [-0.39, 0.29) is 23.2 Å². The van der Waals surface area contributed by atoms with E-state index in [0.717, 1.165) is 17.7 Å². The molecule has 2 aromatic rings. The van der Waals surface area contributed by atoms with E-state index in [2.05, 4.69) is 4.98 Å². The molecule has 1 aromatic heterocycles. The Labute approximate surface area is 160 Å². The van der Waals surface area contributed by atoms with E-state index in [1.807, 2.05) is 19.1 Å². The summed E-state index contributed by atoms with van der Waals surface area (Å²) < 4.78 is 1.28. The Bertz CT molecular complexity index is 910. The maximum absolute atomic E-state index is 12.5. The molecule has 0 saturated carbocycles. The van der Waals surface area contributed by atoms with Crippen LogP contribution in [-0.4, -0.2) is 28.3 Å². The van der Waals surface area contributed by atoms with Crippen LogP contribution in [0.25, 0.3) is 0 Å². The Morgan fingerprint density at radius 2 is 2.04 bits per heavy atom. The van der Waals surface area contributed by atoms with E-state index in [0.29, 0.717) is 11.6 Å². The Balaban J connectivity index is 2.24. The van der Waals surface area contributed by atoms with Crippen molar-refractivity contribution in [1.82, 2.24) is 9.55 Å². The number of thioether (sulfide) groups is 1. The standard InChI is InChI=1S/C17H21ClN4O3S/c1-3-4-9-22-15(19)14(16(24)20-17(22)25)21(2)13(23)10-26-12-8-6-5-7-11(12)18/h5-8H,3-4,9-10,19H2,1-2H3,(H,20,24,25). The number of nitrogens with one attached hydrogen (secondary N) is 1. The molecule has 140 valence electrons. The number of hydrogen-bond acceptors (Lipinski definition) is 5. The molecule has 2 rings (SSSR count). The fourth-order valence-electron chi connectivity index (χ4n) is 2.36. The monoisotopic (exact) mass is 396 g/mol. The molecule has 7 nitrogen and oxygen atoms in total. The maximum Gasteiger partial charge on any atom is 0.330 e. The quantitative estimate of drug-likeness (QED) is 0.699. The van der Waals surface area contributed by atoms with Gasteiger partial charge in [0, 0.05) is 18.5 Å². The summed E-state index contributed by atoms with van der Waals surface area (Å²) >= 11 is 7.35. The number of carbonyl (C=O) groups excluding carboxylic acids is 1. The second-order valence-corrected chi connectivity index (χ2v) is 7.09. The third-order valence-corrected chi connectivity index (χ3v) is 5.35. The predicted octanol–water partition coefficient (Wildman–Crippen LogP) is 2.33. The van der Waals surface area contributed by atoms with Crippen LogP contribution in [0.2, 0.25) is 5.02 Å². The molecular weight excluding hydrogens is 376 g/mol. The van der Waals surface area contributed by atoms with Gasteiger partial charge in [-0.05, 0) is 18.6 Å². The maximum atomic E-state index is 12.5. The number of aromatic nitrogens is 2. The highest BCUT2D eigenvalue weighted by Gasteiger charge is 2.21. The summed E-state index contributed by atoms with van der Waals surface area (Å²) in [6.45, 7) is 2.36. The Hall–Kier alpha value is -2.19. The highest BCUT2D eigenvalue weighted by molar-refractivity contribution is 8.00. The summed E-state index contributed by atoms with van der Waals surface area (Å²) in [5.41, 5.74) is 4.74. The van der Waals surface area contributed by atoms with Crippen LogP contribution < -0.4 is 21.9 Å². The van der Waals surface area contributed by atoms with Gasteiger partial charge in [0.2, 0.25) is 5.91 Å². The molecule has 0 atom stereocenters. The number of carbonyl (C=O) groups is 1. The minimum atomic E-state index is -0.682. The lowest BCUT2D eigenvalue weighted by Crippen LogP contribution is -2.39. The van der Waals surface area contributed by atoms with E-state index in [4.69, 9.17) is 17.3 Å². The first kappa shape index (κ1) is 20.1. The van der Waals surface area contributed by atoms with Crippen molar-refractivity contribution in [3.05, 3.63) is 50.1 Å². The lowest BCUT2D eigenvalue weighted by atomic mass is 10.3. The van der Waals surface area contributed by atoms with Crippen molar-refractivity contribution >= 4 is 40.8 Å². The second kappa shape index (κ2) is 8.95.